The Labute approximate surface area is 294 Å². The van der Waals surface area contributed by atoms with E-state index >= 15 is 0 Å². The smallest absolute Gasteiger partial charge is 0.192 e. The standard InChI is InChI=1S/C39H74O5Si3/c1-14-18-19-20-33-28-36(42-30-40-23-25-45(8,9)10)38(37(29-33)43-31-41-24-26-46(11,12)13)34-27-32(5)21-22-35(34)39(6,7)44-47(15-2,16-3)17-4/h27-29,34-35H,14-26,30-31H2,1-13H3/t34-,35-/m1/s1. The molecular weight excluding hydrogens is 633 g/mol. The molecule has 0 radical (unpaired) electrons. The van der Waals surface area contributed by atoms with Gasteiger partial charge >= 0.3 is 0 Å². The van der Waals surface area contributed by atoms with E-state index in [2.05, 4.69) is 106 Å². The summed E-state index contributed by atoms with van der Waals surface area (Å²) < 4.78 is 32.9. The average molecular weight is 707 g/mol. The van der Waals surface area contributed by atoms with Crippen LogP contribution < -0.4 is 9.47 Å². The molecule has 2 atom stereocenters. The molecule has 0 fully saturated rings. The summed E-state index contributed by atoms with van der Waals surface area (Å²) in [6, 6.07) is 10.2. The van der Waals surface area contributed by atoms with Crippen molar-refractivity contribution in [3.05, 3.63) is 34.9 Å². The molecule has 0 aromatic heterocycles. The molecule has 0 saturated heterocycles. The van der Waals surface area contributed by atoms with Crippen LogP contribution in [-0.2, 0) is 20.3 Å². The van der Waals surface area contributed by atoms with Crippen molar-refractivity contribution in [2.24, 2.45) is 5.92 Å². The number of unbranched alkanes of at least 4 members (excludes halogenated alkanes) is 2. The molecular formula is C39H74O5Si3. The second-order valence-electron chi connectivity index (χ2n) is 17.1. The van der Waals surface area contributed by atoms with E-state index in [1.165, 1.54) is 24.0 Å². The van der Waals surface area contributed by atoms with Crippen LogP contribution in [0.3, 0.4) is 0 Å². The van der Waals surface area contributed by atoms with E-state index < -0.39 is 24.5 Å². The highest BCUT2D eigenvalue weighted by atomic mass is 28.4. The maximum atomic E-state index is 7.34. The third-order valence-electron chi connectivity index (χ3n) is 10.2. The van der Waals surface area contributed by atoms with E-state index in [1.807, 2.05) is 0 Å². The van der Waals surface area contributed by atoms with Crippen molar-refractivity contribution in [3.63, 3.8) is 0 Å². The van der Waals surface area contributed by atoms with Crippen LogP contribution in [-0.4, -0.2) is 56.9 Å². The quantitative estimate of drug-likeness (QED) is 0.0490. The molecule has 272 valence electrons. The van der Waals surface area contributed by atoms with Gasteiger partial charge in [0, 0.05) is 40.8 Å². The summed E-state index contributed by atoms with van der Waals surface area (Å²) in [4.78, 5) is 0. The number of benzene rings is 1. The van der Waals surface area contributed by atoms with Crippen molar-refractivity contribution in [1.82, 2.24) is 0 Å². The van der Waals surface area contributed by atoms with Gasteiger partial charge < -0.3 is 23.4 Å². The summed E-state index contributed by atoms with van der Waals surface area (Å²) >= 11 is 0. The fourth-order valence-electron chi connectivity index (χ4n) is 6.76. The molecule has 5 nitrogen and oxygen atoms in total. The molecule has 1 aliphatic carbocycles. The van der Waals surface area contributed by atoms with Crippen molar-refractivity contribution in [3.8, 4) is 11.5 Å². The zero-order chi connectivity index (χ0) is 35.3. The van der Waals surface area contributed by atoms with Gasteiger partial charge in [0.05, 0.1) is 5.60 Å². The van der Waals surface area contributed by atoms with Gasteiger partial charge in [0.2, 0.25) is 0 Å². The lowest BCUT2D eigenvalue weighted by Gasteiger charge is -2.47. The Morgan fingerprint density at radius 2 is 1.28 bits per heavy atom. The molecule has 0 bridgehead atoms. The average Bonchev–Trinajstić information content (AvgIpc) is 2.98. The summed E-state index contributed by atoms with van der Waals surface area (Å²) in [5.41, 5.74) is 3.53. The third-order valence-corrected chi connectivity index (χ3v) is 18.4. The van der Waals surface area contributed by atoms with Crippen molar-refractivity contribution in [1.29, 1.82) is 0 Å². The van der Waals surface area contributed by atoms with Crippen LogP contribution in [0, 0.1) is 5.92 Å². The number of hydrogen-bond acceptors (Lipinski definition) is 5. The minimum atomic E-state index is -1.85. The Morgan fingerprint density at radius 3 is 1.72 bits per heavy atom. The van der Waals surface area contributed by atoms with E-state index in [0.29, 0.717) is 5.92 Å². The van der Waals surface area contributed by atoms with Gasteiger partial charge in [0.25, 0.3) is 0 Å². The molecule has 0 unspecified atom stereocenters. The molecule has 8 heteroatoms. The van der Waals surface area contributed by atoms with E-state index in [-0.39, 0.29) is 25.1 Å². The molecule has 0 spiro atoms. The molecule has 0 amide bonds. The topological polar surface area (TPSA) is 46.2 Å². The number of rotatable bonds is 23. The monoisotopic (exact) mass is 706 g/mol. The minimum Gasteiger partial charge on any atom is -0.467 e. The summed E-state index contributed by atoms with van der Waals surface area (Å²) in [6.45, 7) is 32.5. The number of allylic oxidation sites excluding steroid dienone is 2. The largest absolute Gasteiger partial charge is 0.467 e. The summed E-state index contributed by atoms with van der Waals surface area (Å²) in [7, 11) is -4.23. The van der Waals surface area contributed by atoms with E-state index in [9.17, 15) is 0 Å². The second-order valence-corrected chi connectivity index (χ2v) is 33.0. The Kier molecular flexibility index (Phi) is 17.5. The fourth-order valence-corrected chi connectivity index (χ4v) is 11.5. The van der Waals surface area contributed by atoms with E-state index in [1.54, 1.807) is 0 Å². The Balaban J connectivity index is 2.60. The Hall–Kier alpha value is -0.909. The van der Waals surface area contributed by atoms with Crippen molar-refractivity contribution in [2.45, 2.75) is 168 Å². The molecule has 2 rings (SSSR count). The van der Waals surface area contributed by atoms with E-state index in [0.717, 1.165) is 86.2 Å². The molecule has 47 heavy (non-hydrogen) atoms. The van der Waals surface area contributed by atoms with Crippen LogP contribution in [0.15, 0.2) is 23.8 Å². The predicted molar refractivity (Wildman–Crippen MR) is 210 cm³/mol. The van der Waals surface area contributed by atoms with Crippen LogP contribution in [0.4, 0.5) is 0 Å². The van der Waals surface area contributed by atoms with Crippen LogP contribution in [0.5, 0.6) is 11.5 Å². The highest BCUT2D eigenvalue weighted by Gasteiger charge is 2.45. The molecule has 1 aromatic carbocycles. The number of aryl methyl sites for hydroxylation is 1. The molecule has 0 aliphatic heterocycles. The number of ether oxygens (including phenoxy) is 4. The van der Waals surface area contributed by atoms with Gasteiger partial charge in [-0.15, -0.1) is 0 Å². The first kappa shape index (κ1) is 42.3. The minimum absolute atomic E-state index is 0.106. The summed E-state index contributed by atoms with van der Waals surface area (Å²) in [6.07, 6.45) is 9.22. The maximum absolute atomic E-state index is 7.34. The third kappa shape index (κ3) is 14.5. The molecule has 0 N–H and O–H groups in total. The predicted octanol–water partition coefficient (Wildman–Crippen LogP) is 12.0. The van der Waals surface area contributed by atoms with E-state index in [4.69, 9.17) is 23.4 Å². The van der Waals surface area contributed by atoms with Gasteiger partial charge in [0.1, 0.15) is 11.5 Å². The van der Waals surface area contributed by atoms with Gasteiger partial charge in [-0.25, -0.2) is 0 Å². The molecule has 1 aromatic rings. The number of hydrogen-bond donors (Lipinski definition) is 0. The summed E-state index contributed by atoms with van der Waals surface area (Å²) in [5, 5.41) is 0. The first-order valence-corrected chi connectivity index (χ1v) is 28.9. The SMILES string of the molecule is CCCCCc1cc(OCOCC[Si](C)(C)C)c([C@@H]2C=C(C)CC[C@H]2C(C)(C)O[Si](CC)(CC)CC)c(OCOCC[Si](C)(C)C)c1. The fraction of sp³-hybridized carbons (Fsp3) is 0.795. The second kappa shape index (κ2) is 19.5. The summed E-state index contributed by atoms with van der Waals surface area (Å²) in [5.74, 6) is 2.19. The van der Waals surface area contributed by atoms with Gasteiger partial charge in [-0.05, 0) is 100 Å². The van der Waals surface area contributed by atoms with Crippen molar-refractivity contribution in [2.75, 3.05) is 26.8 Å². The lowest BCUT2D eigenvalue weighted by Crippen LogP contribution is -2.49. The zero-order valence-electron chi connectivity index (χ0n) is 33.0. The molecule has 0 heterocycles. The van der Waals surface area contributed by atoms with Crippen molar-refractivity contribution >= 4 is 24.5 Å². The first-order chi connectivity index (χ1) is 22.0. The normalized spacial score (nSPS) is 17.9. The zero-order valence-corrected chi connectivity index (χ0v) is 36.0. The van der Waals surface area contributed by atoms with Crippen LogP contribution >= 0.6 is 0 Å². The van der Waals surface area contributed by atoms with Gasteiger partial charge in [-0.1, -0.05) is 91.5 Å². The highest BCUT2D eigenvalue weighted by molar-refractivity contribution is 6.76. The van der Waals surface area contributed by atoms with Gasteiger partial charge in [0.15, 0.2) is 21.9 Å². The van der Waals surface area contributed by atoms with Crippen LogP contribution in [0.2, 0.25) is 69.5 Å². The lowest BCUT2D eigenvalue weighted by atomic mass is 9.69. The van der Waals surface area contributed by atoms with Gasteiger partial charge in [-0.2, -0.15) is 0 Å². The van der Waals surface area contributed by atoms with Crippen LogP contribution in [0.25, 0.3) is 0 Å². The Morgan fingerprint density at radius 1 is 0.766 bits per heavy atom. The van der Waals surface area contributed by atoms with Crippen LogP contribution in [0.1, 0.15) is 97.6 Å². The van der Waals surface area contributed by atoms with Gasteiger partial charge in [-0.3, -0.25) is 0 Å². The van der Waals surface area contributed by atoms with Crippen molar-refractivity contribution < 1.29 is 23.4 Å². The lowest BCUT2D eigenvalue weighted by molar-refractivity contribution is 0.00807. The first-order valence-electron chi connectivity index (χ1n) is 18.9. The molecule has 0 saturated carbocycles. The molecule has 1 aliphatic rings. The maximum Gasteiger partial charge on any atom is 0.192 e. The Bertz CT molecular complexity index is 1030. The highest BCUT2D eigenvalue weighted by Crippen LogP contribution is 2.50.